The van der Waals surface area contributed by atoms with Crippen molar-refractivity contribution in [2.75, 3.05) is 13.2 Å². The molecule has 0 amide bonds. The first-order chi connectivity index (χ1) is 8.74. The quantitative estimate of drug-likeness (QED) is 0.859. The molecule has 0 spiro atoms. The molecule has 1 atom stereocenters. The van der Waals surface area contributed by atoms with E-state index in [2.05, 4.69) is 5.32 Å². The molecule has 2 aliphatic rings. The van der Waals surface area contributed by atoms with Crippen LogP contribution >= 0.6 is 11.6 Å². The van der Waals surface area contributed by atoms with Gasteiger partial charge in [0.2, 0.25) is 0 Å². The van der Waals surface area contributed by atoms with E-state index in [0.29, 0.717) is 19.0 Å². The zero-order valence-corrected chi connectivity index (χ0v) is 11.0. The van der Waals surface area contributed by atoms with Gasteiger partial charge in [-0.05, 0) is 36.5 Å². The third-order valence-corrected chi connectivity index (χ3v) is 3.88. The molecule has 1 aromatic carbocycles. The van der Waals surface area contributed by atoms with Gasteiger partial charge in [0.25, 0.3) is 0 Å². The number of rotatable bonds is 5. The van der Waals surface area contributed by atoms with Crippen LogP contribution in [0, 0.1) is 5.92 Å². The van der Waals surface area contributed by atoms with Crippen LogP contribution in [0.4, 0.5) is 0 Å². The Hall–Kier alpha value is -0.770. The van der Waals surface area contributed by atoms with Gasteiger partial charge in [-0.25, -0.2) is 0 Å². The van der Waals surface area contributed by atoms with Crippen molar-refractivity contribution in [2.45, 2.75) is 31.9 Å². The van der Waals surface area contributed by atoms with Crippen LogP contribution < -0.4 is 10.1 Å². The standard InChI is InChI=1S/C14H18ClNO2/c15-12-5-10-3-4-18-14(10)11(6-12)7-16-8-13(17)9-1-2-9/h5-6,9,13,16-17H,1-4,7-8H2. The summed E-state index contributed by atoms with van der Waals surface area (Å²) in [7, 11) is 0. The molecule has 0 bridgehead atoms. The number of halogens is 1. The number of nitrogens with one attached hydrogen (secondary N) is 1. The third-order valence-electron chi connectivity index (χ3n) is 3.66. The molecule has 0 radical (unpaired) electrons. The molecule has 1 aliphatic heterocycles. The number of hydrogen-bond donors (Lipinski definition) is 2. The average Bonchev–Trinajstić information content (AvgIpc) is 3.08. The highest BCUT2D eigenvalue weighted by atomic mass is 35.5. The number of aliphatic hydroxyl groups excluding tert-OH is 1. The van der Waals surface area contributed by atoms with Crippen molar-refractivity contribution >= 4 is 11.6 Å². The molecule has 98 valence electrons. The summed E-state index contributed by atoms with van der Waals surface area (Å²) < 4.78 is 5.64. The molecule has 2 N–H and O–H groups in total. The first-order valence-corrected chi connectivity index (χ1v) is 6.94. The van der Waals surface area contributed by atoms with Crippen LogP contribution in [-0.4, -0.2) is 24.4 Å². The van der Waals surface area contributed by atoms with Gasteiger partial charge in [0.1, 0.15) is 5.75 Å². The van der Waals surface area contributed by atoms with E-state index < -0.39 is 0 Å². The highest BCUT2D eigenvalue weighted by molar-refractivity contribution is 6.30. The van der Waals surface area contributed by atoms with Crippen LogP contribution in [0.25, 0.3) is 0 Å². The number of benzene rings is 1. The van der Waals surface area contributed by atoms with Gasteiger partial charge in [-0.15, -0.1) is 0 Å². The smallest absolute Gasteiger partial charge is 0.127 e. The van der Waals surface area contributed by atoms with Crippen LogP contribution in [0.15, 0.2) is 12.1 Å². The van der Waals surface area contributed by atoms with E-state index in [9.17, 15) is 5.11 Å². The normalized spacial score (nSPS) is 19.4. The van der Waals surface area contributed by atoms with Crippen LogP contribution in [0.5, 0.6) is 5.75 Å². The molecule has 3 rings (SSSR count). The van der Waals surface area contributed by atoms with Gasteiger partial charge in [-0.2, -0.15) is 0 Å². The molecule has 1 heterocycles. The van der Waals surface area contributed by atoms with Crippen LogP contribution in [0.2, 0.25) is 5.02 Å². The topological polar surface area (TPSA) is 41.5 Å². The Bertz CT molecular complexity index is 446. The Morgan fingerprint density at radius 2 is 2.28 bits per heavy atom. The summed E-state index contributed by atoms with van der Waals surface area (Å²) in [6.07, 6.45) is 3.06. The molecular weight excluding hydrogens is 250 g/mol. The molecule has 18 heavy (non-hydrogen) atoms. The Balaban J connectivity index is 1.61. The molecule has 0 saturated heterocycles. The number of aliphatic hydroxyl groups is 1. The van der Waals surface area contributed by atoms with Crippen LogP contribution in [0.3, 0.4) is 0 Å². The Morgan fingerprint density at radius 1 is 1.44 bits per heavy atom. The van der Waals surface area contributed by atoms with Crippen molar-refractivity contribution in [1.82, 2.24) is 5.32 Å². The van der Waals surface area contributed by atoms with Crippen LogP contribution in [-0.2, 0) is 13.0 Å². The van der Waals surface area contributed by atoms with Crippen molar-refractivity contribution in [3.8, 4) is 5.75 Å². The number of hydrogen-bond acceptors (Lipinski definition) is 3. The molecule has 0 aromatic heterocycles. The maximum atomic E-state index is 9.80. The molecule has 1 aromatic rings. The summed E-state index contributed by atoms with van der Waals surface area (Å²) in [6, 6.07) is 3.93. The molecular formula is C14H18ClNO2. The van der Waals surface area contributed by atoms with Gasteiger partial charge in [0, 0.05) is 30.1 Å². The third kappa shape index (κ3) is 2.63. The van der Waals surface area contributed by atoms with Crippen molar-refractivity contribution < 1.29 is 9.84 Å². The fourth-order valence-corrected chi connectivity index (χ4v) is 2.74. The lowest BCUT2D eigenvalue weighted by Crippen LogP contribution is -2.27. The zero-order chi connectivity index (χ0) is 12.5. The van der Waals surface area contributed by atoms with E-state index in [4.69, 9.17) is 16.3 Å². The van der Waals surface area contributed by atoms with Crippen LogP contribution in [0.1, 0.15) is 24.0 Å². The second-order valence-electron chi connectivity index (χ2n) is 5.19. The summed E-state index contributed by atoms with van der Waals surface area (Å²) in [4.78, 5) is 0. The summed E-state index contributed by atoms with van der Waals surface area (Å²) in [5, 5.41) is 13.8. The van der Waals surface area contributed by atoms with Gasteiger partial charge in [0.05, 0.1) is 12.7 Å². The SMILES string of the molecule is OC(CNCc1cc(Cl)cc2c1OCC2)C1CC1. The highest BCUT2D eigenvalue weighted by Crippen LogP contribution is 2.33. The molecule has 3 nitrogen and oxygen atoms in total. The van der Waals surface area contributed by atoms with Crippen molar-refractivity contribution in [3.63, 3.8) is 0 Å². The van der Waals surface area contributed by atoms with Gasteiger partial charge in [-0.1, -0.05) is 11.6 Å². The number of ether oxygens (including phenoxy) is 1. The lowest BCUT2D eigenvalue weighted by Gasteiger charge is -2.13. The average molecular weight is 268 g/mol. The van der Waals surface area contributed by atoms with Crippen molar-refractivity contribution in [3.05, 3.63) is 28.3 Å². The second kappa shape index (κ2) is 5.08. The largest absolute Gasteiger partial charge is 0.493 e. The Labute approximate surface area is 112 Å². The first-order valence-electron chi connectivity index (χ1n) is 6.57. The van der Waals surface area contributed by atoms with Crippen molar-refractivity contribution in [2.24, 2.45) is 5.92 Å². The van der Waals surface area contributed by atoms with E-state index >= 15 is 0 Å². The van der Waals surface area contributed by atoms with E-state index in [1.165, 1.54) is 18.4 Å². The van der Waals surface area contributed by atoms with Gasteiger partial charge >= 0.3 is 0 Å². The monoisotopic (exact) mass is 267 g/mol. The van der Waals surface area contributed by atoms with E-state index in [-0.39, 0.29) is 6.10 Å². The minimum absolute atomic E-state index is 0.210. The van der Waals surface area contributed by atoms with E-state index in [1.807, 2.05) is 12.1 Å². The maximum absolute atomic E-state index is 9.80. The fraction of sp³-hybridized carbons (Fsp3) is 0.571. The molecule has 1 saturated carbocycles. The van der Waals surface area contributed by atoms with Gasteiger partial charge < -0.3 is 15.2 Å². The highest BCUT2D eigenvalue weighted by Gasteiger charge is 2.29. The predicted molar refractivity (Wildman–Crippen MR) is 71.1 cm³/mol. The summed E-state index contributed by atoms with van der Waals surface area (Å²) >= 11 is 6.10. The molecule has 4 heteroatoms. The predicted octanol–water partition coefficient (Wildman–Crippen LogP) is 2.14. The van der Waals surface area contributed by atoms with E-state index in [1.54, 1.807) is 0 Å². The molecule has 1 fully saturated rings. The fourth-order valence-electron chi connectivity index (χ4n) is 2.48. The molecule has 1 aliphatic carbocycles. The lowest BCUT2D eigenvalue weighted by molar-refractivity contribution is 0.148. The zero-order valence-electron chi connectivity index (χ0n) is 10.3. The summed E-state index contributed by atoms with van der Waals surface area (Å²) in [5.41, 5.74) is 2.29. The molecule has 1 unspecified atom stereocenters. The Kier molecular flexibility index (Phi) is 3.46. The summed E-state index contributed by atoms with van der Waals surface area (Å²) in [6.45, 7) is 2.09. The first kappa shape index (κ1) is 12.3. The maximum Gasteiger partial charge on any atom is 0.127 e. The second-order valence-corrected chi connectivity index (χ2v) is 5.62. The Morgan fingerprint density at radius 3 is 3.06 bits per heavy atom. The number of fused-ring (bicyclic) bond motifs is 1. The van der Waals surface area contributed by atoms with Gasteiger partial charge in [0.15, 0.2) is 0 Å². The minimum atomic E-state index is -0.210. The van der Waals surface area contributed by atoms with Crippen molar-refractivity contribution in [1.29, 1.82) is 0 Å². The minimum Gasteiger partial charge on any atom is -0.493 e. The van der Waals surface area contributed by atoms with Gasteiger partial charge in [-0.3, -0.25) is 0 Å². The van der Waals surface area contributed by atoms with E-state index in [0.717, 1.165) is 29.4 Å². The lowest BCUT2D eigenvalue weighted by atomic mass is 10.1. The summed E-state index contributed by atoms with van der Waals surface area (Å²) in [5.74, 6) is 1.49.